The summed E-state index contributed by atoms with van der Waals surface area (Å²) in [4.78, 5) is 12.1. The van der Waals surface area contributed by atoms with Crippen molar-refractivity contribution in [3.8, 4) is 5.69 Å². The van der Waals surface area contributed by atoms with E-state index in [2.05, 4.69) is 31.2 Å². The van der Waals surface area contributed by atoms with Gasteiger partial charge >= 0.3 is 0 Å². The molecule has 2 rings (SSSR count). The van der Waals surface area contributed by atoms with Crippen molar-refractivity contribution >= 4 is 23.4 Å². The number of hydrogen-bond donors (Lipinski definition) is 1. The van der Waals surface area contributed by atoms with Crippen LogP contribution in [0.3, 0.4) is 0 Å². The van der Waals surface area contributed by atoms with E-state index < -0.39 is 0 Å². The van der Waals surface area contributed by atoms with Gasteiger partial charge in [-0.3, -0.25) is 4.79 Å². The molecule has 1 amide bonds. The molecule has 0 radical (unpaired) electrons. The number of hydrogen-bond acceptors (Lipinski definition) is 3. The summed E-state index contributed by atoms with van der Waals surface area (Å²) in [6.07, 6.45) is 0. The molecule has 0 aliphatic heterocycles. The van der Waals surface area contributed by atoms with Crippen molar-refractivity contribution in [2.24, 2.45) is 0 Å². The van der Waals surface area contributed by atoms with E-state index in [9.17, 15) is 4.79 Å². The Hall–Kier alpha value is -1.75. The minimum Gasteiger partial charge on any atom is -0.322 e. The largest absolute Gasteiger partial charge is 0.322 e. The van der Waals surface area contributed by atoms with Gasteiger partial charge in [-0.1, -0.05) is 39.0 Å². The third kappa shape index (κ3) is 4.13. The highest BCUT2D eigenvalue weighted by Gasteiger charge is 2.17. The van der Waals surface area contributed by atoms with Crippen LogP contribution in [0.1, 0.15) is 32.2 Å². The second-order valence-corrected chi connectivity index (χ2v) is 8.04. The van der Waals surface area contributed by atoms with Gasteiger partial charge in [0.25, 0.3) is 0 Å². The SMILES string of the molecule is Cc1nn(-c2ccccc2)c(C)c1NC(=O)CSC(C)(C)C. The number of aromatic nitrogens is 2. The highest BCUT2D eigenvalue weighted by atomic mass is 32.2. The van der Waals surface area contributed by atoms with Gasteiger partial charge < -0.3 is 5.32 Å². The fourth-order valence-electron chi connectivity index (χ4n) is 2.10. The Balaban J connectivity index is 2.16. The third-order valence-corrected chi connectivity index (χ3v) is 4.47. The summed E-state index contributed by atoms with van der Waals surface area (Å²) >= 11 is 1.64. The minimum absolute atomic E-state index is 0.0127. The van der Waals surface area contributed by atoms with E-state index in [4.69, 9.17) is 0 Å². The number of aryl methyl sites for hydroxylation is 1. The number of benzene rings is 1. The zero-order valence-electron chi connectivity index (χ0n) is 13.8. The quantitative estimate of drug-likeness (QED) is 0.928. The Labute approximate surface area is 136 Å². The molecule has 1 heterocycles. The van der Waals surface area contributed by atoms with Gasteiger partial charge in [0.2, 0.25) is 5.91 Å². The predicted octanol–water partition coefficient (Wildman–Crippen LogP) is 3.96. The van der Waals surface area contributed by atoms with Crippen molar-refractivity contribution < 1.29 is 4.79 Å². The first kappa shape index (κ1) is 16.6. The number of rotatable bonds is 4. The van der Waals surface area contributed by atoms with Crippen LogP contribution >= 0.6 is 11.8 Å². The fraction of sp³-hybridized carbons (Fsp3) is 0.412. The molecule has 0 aliphatic rings. The molecular weight excluding hydrogens is 294 g/mol. The smallest absolute Gasteiger partial charge is 0.234 e. The van der Waals surface area contributed by atoms with E-state index >= 15 is 0 Å². The first-order chi connectivity index (χ1) is 10.3. The average molecular weight is 317 g/mol. The molecule has 4 nitrogen and oxygen atoms in total. The summed E-state index contributed by atoms with van der Waals surface area (Å²) in [5.41, 5.74) is 3.57. The molecule has 118 valence electrons. The normalized spacial score (nSPS) is 11.5. The summed E-state index contributed by atoms with van der Waals surface area (Å²) in [6, 6.07) is 9.93. The average Bonchev–Trinajstić information content (AvgIpc) is 2.73. The Kier molecular flexibility index (Phi) is 4.96. The maximum absolute atomic E-state index is 12.1. The van der Waals surface area contributed by atoms with E-state index in [1.165, 1.54) is 0 Å². The molecule has 1 aromatic carbocycles. The standard InChI is InChI=1S/C17H23N3OS/c1-12-16(18-15(21)11-22-17(3,4)5)13(2)20(19-12)14-9-7-6-8-10-14/h6-10H,11H2,1-5H3,(H,18,21). The molecule has 0 aliphatic carbocycles. The second kappa shape index (κ2) is 6.57. The van der Waals surface area contributed by atoms with Crippen LogP contribution in [0.15, 0.2) is 30.3 Å². The zero-order valence-corrected chi connectivity index (χ0v) is 14.6. The Bertz CT molecular complexity index is 657. The van der Waals surface area contributed by atoms with Crippen molar-refractivity contribution in [2.75, 3.05) is 11.1 Å². The lowest BCUT2D eigenvalue weighted by Gasteiger charge is -2.17. The van der Waals surface area contributed by atoms with Gasteiger partial charge in [-0.25, -0.2) is 4.68 Å². The van der Waals surface area contributed by atoms with Crippen LogP contribution in [0.5, 0.6) is 0 Å². The molecule has 0 bridgehead atoms. The summed E-state index contributed by atoms with van der Waals surface area (Å²) in [5, 5.41) is 7.54. The van der Waals surface area contributed by atoms with Crippen molar-refractivity contribution in [3.63, 3.8) is 0 Å². The number of carbonyl (C=O) groups is 1. The van der Waals surface area contributed by atoms with Crippen molar-refractivity contribution in [1.82, 2.24) is 9.78 Å². The van der Waals surface area contributed by atoms with Crippen LogP contribution in [0.4, 0.5) is 5.69 Å². The predicted molar refractivity (Wildman–Crippen MR) is 93.9 cm³/mol. The first-order valence-electron chi connectivity index (χ1n) is 7.33. The number of amides is 1. The van der Waals surface area contributed by atoms with Crippen molar-refractivity contribution in [2.45, 2.75) is 39.4 Å². The lowest BCUT2D eigenvalue weighted by Crippen LogP contribution is -2.19. The number of para-hydroxylation sites is 1. The van der Waals surface area contributed by atoms with Gasteiger partial charge in [0.15, 0.2) is 0 Å². The lowest BCUT2D eigenvalue weighted by molar-refractivity contribution is -0.113. The molecule has 1 N–H and O–H groups in total. The second-order valence-electron chi connectivity index (χ2n) is 6.24. The topological polar surface area (TPSA) is 46.9 Å². The molecule has 0 spiro atoms. The Morgan fingerprint density at radius 1 is 1.23 bits per heavy atom. The molecule has 1 aromatic heterocycles. The number of nitrogens with zero attached hydrogens (tertiary/aromatic N) is 2. The van der Waals surface area contributed by atoms with Crippen LogP contribution in [0.25, 0.3) is 5.69 Å². The highest BCUT2D eigenvalue weighted by Crippen LogP contribution is 2.25. The Morgan fingerprint density at radius 3 is 2.45 bits per heavy atom. The summed E-state index contributed by atoms with van der Waals surface area (Å²) in [6.45, 7) is 10.2. The third-order valence-electron chi connectivity index (χ3n) is 3.19. The van der Waals surface area contributed by atoms with E-state index in [1.54, 1.807) is 11.8 Å². The zero-order chi connectivity index (χ0) is 16.3. The van der Waals surface area contributed by atoms with Gasteiger partial charge in [-0.15, -0.1) is 11.8 Å². The summed E-state index contributed by atoms with van der Waals surface area (Å²) in [5.74, 6) is 0.456. The summed E-state index contributed by atoms with van der Waals surface area (Å²) in [7, 11) is 0. The van der Waals surface area contributed by atoms with Crippen LogP contribution in [0, 0.1) is 13.8 Å². The lowest BCUT2D eigenvalue weighted by atomic mass is 10.3. The molecule has 5 heteroatoms. The van der Waals surface area contributed by atoms with Gasteiger partial charge in [0.05, 0.1) is 28.5 Å². The summed E-state index contributed by atoms with van der Waals surface area (Å²) < 4.78 is 1.94. The number of thioether (sulfide) groups is 1. The van der Waals surface area contributed by atoms with E-state index in [0.717, 1.165) is 22.8 Å². The number of carbonyl (C=O) groups excluding carboxylic acids is 1. The van der Waals surface area contributed by atoms with Crippen molar-refractivity contribution in [3.05, 3.63) is 41.7 Å². The molecule has 0 saturated carbocycles. The molecule has 0 unspecified atom stereocenters. The van der Waals surface area contributed by atoms with E-state index in [-0.39, 0.29) is 10.7 Å². The minimum atomic E-state index is 0.0127. The molecule has 22 heavy (non-hydrogen) atoms. The maximum atomic E-state index is 12.1. The fourth-order valence-corrected chi connectivity index (χ4v) is 2.74. The van der Waals surface area contributed by atoms with Crippen LogP contribution in [-0.2, 0) is 4.79 Å². The highest BCUT2D eigenvalue weighted by molar-refractivity contribution is 8.01. The van der Waals surface area contributed by atoms with E-state index in [1.807, 2.05) is 48.9 Å². The van der Waals surface area contributed by atoms with Gasteiger partial charge in [-0.2, -0.15) is 5.10 Å². The van der Waals surface area contributed by atoms with Crippen LogP contribution < -0.4 is 5.32 Å². The molecular formula is C17H23N3OS. The monoisotopic (exact) mass is 317 g/mol. The Morgan fingerprint density at radius 2 is 1.86 bits per heavy atom. The van der Waals surface area contributed by atoms with Gasteiger partial charge in [0, 0.05) is 4.75 Å². The van der Waals surface area contributed by atoms with Gasteiger partial charge in [-0.05, 0) is 26.0 Å². The maximum Gasteiger partial charge on any atom is 0.234 e. The number of anilines is 1. The van der Waals surface area contributed by atoms with Gasteiger partial charge in [0.1, 0.15) is 0 Å². The first-order valence-corrected chi connectivity index (χ1v) is 8.32. The van der Waals surface area contributed by atoms with Crippen LogP contribution in [-0.4, -0.2) is 26.2 Å². The van der Waals surface area contributed by atoms with Crippen LogP contribution in [0.2, 0.25) is 0 Å². The molecule has 0 fully saturated rings. The molecule has 0 atom stereocenters. The molecule has 0 saturated heterocycles. The number of nitrogens with one attached hydrogen (secondary N) is 1. The molecule has 2 aromatic rings. The van der Waals surface area contributed by atoms with Crippen molar-refractivity contribution in [1.29, 1.82) is 0 Å². The van der Waals surface area contributed by atoms with E-state index in [0.29, 0.717) is 5.75 Å².